The number of phosphoric acid groups is 1. The first-order valence-corrected chi connectivity index (χ1v) is 12.8. The van der Waals surface area contributed by atoms with Gasteiger partial charge < -0.3 is 35.4 Å². The Morgan fingerprint density at radius 2 is 2.06 bits per heavy atom. The quantitative estimate of drug-likeness (QED) is 0.138. The van der Waals surface area contributed by atoms with Gasteiger partial charge in [-0.25, -0.2) is 9.55 Å². The standard InChI is InChI=1S/C19H31N6O9P/c1-3-4-5-6-7-20-16(28)10(2)22-19-23-15-12(17(29)24-19)21-9-25(15)18-14(27)13(26)11(34-18)8-33-35(30,31)32/h9-11,13-14,18,26-27H,3-8H2,1-2H3,(H,20,28)(H2,30,31,32)(H2,22,23,24,29)/t10-,11-,13-,14-,18-/m1/s1. The first kappa shape index (κ1) is 27.2. The summed E-state index contributed by atoms with van der Waals surface area (Å²) in [5.41, 5.74) is -0.696. The van der Waals surface area contributed by atoms with Gasteiger partial charge in [0.1, 0.15) is 24.4 Å². The van der Waals surface area contributed by atoms with Gasteiger partial charge in [0.25, 0.3) is 5.56 Å². The number of aromatic amines is 1. The highest BCUT2D eigenvalue weighted by Crippen LogP contribution is 2.38. The Hall–Kier alpha value is -2.39. The van der Waals surface area contributed by atoms with E-state index >= 15 is 0 Å². The van der Waals surface area contributed by atoms with Gasteiger partial charge in [-0.2, -0.15) is 4.98 Å². The summed E-state index contributed by atoms with van der Waals surface area (Å²) in [5, 5.41) is 26.3. The van der Waals surface area contributed by atoms with Gasteiger partial charge in [-0.15, -0.1) is 0 Å². The number of unbranched alkanes of at least 4 members (excludes halogenated alkanes) is 3. The van der Waals surface area contributed by atoms with E-state index in [4.69, 9.17) is 14.5 Å². The van der Waals surface area contributed by atoms with E-state index in [2.05, 4.69) is 37.0 Å². The summed E-state index contributed by atoms with van der Waals surface area (Å²) in [5.74, 6) is -0.296. The molecule has 7 N–H and O–H groups in total. The van der Waals surface area contributed by atoms with Gasteiger partial charge in [-0.3, -0.25) is 23.7 Å². The van der Waals surface area contributed by atoms with Crippen molar-refractivity contribution in [2.75, 3.05) is 18.5 Å². The first-order valence-electron chi connectivity index (χ1n) is 11.2. The zero-order valence-corrected chi connectivity index (χ0v) is 20.2. The lowest BCUT2D eigenvalue weighted by molar-refractivity contribution is -0.121. The van der Waals surface area contributed by atoms with E-state index in [9.17, 15) is 24.4 Å². The Morgan fingerprint density at radius 1 is 1.31 bits per heavy atom. The molecule has 0 radical (unpaired) electrons. The van der Waals surface area contributed by atoms with Crippen molar-refractivity contribution in [3.63, 3.8) is 0 Å². The fraction of sp³-hybridized carbons (Fsp3) is 0.684. The molecule has 1 aliphatic rings. The molecule has 0 aromatic carbocycles. The van der Waals surface area contributed by atoms with E-state index in [0.29, 0.717) is 6.54 Å². The monoisotopic (exact) mass is 518 g/mol. The number of imidazole rings is 1. The summed E-state index contributed by atoms with van der Waals surface area (Å²) in [6, 6.07) is -0.720. The van der Waals surface area contributed by atoms with Crippen LogP contribution in [0.3, 0.4) is 0 Å². The second kappa shape index (κ2) is 11.6. The number of carbonyl (C=O) groups excluding carboxylic acids is 1. The molecule has 1 amide bonds. The lowest BCUT2D eigenvalue weighted by Gasteiger charge is -2.17. The molecule has 5 atom stereocenters. The molecule has 196 valence electrons. The molecule has 15 nitrogen and oxygen atoms in total. The van der Waals surface area contributed by atoms with Crippen LogP contribution in [0.5, 0.6) is 0 Å². The Morgan fingerprint density at radius 3 is 2.74 bits per heavy atom. The van der Waals surface area contributed by atoms with E-state index in [1.165, 1.54) is 10.9 Å². The summed E-state index contributed by atoms with van der Waals surface area (Å²) in [4.78, 5) is 53.3. The number of aliphatic hydroxyl groups is 2. The van der Waals surface area contributed by atoms with Crippen LogP contribution in [0.25, 0.3) is 11.2 Å². The van der Waals surface area contributed by atoms with Crippen molar-refractivity contribution in [2.45, 2.75) is 70.1 Å². The average Bonchev–Trinajstić information content (AvgIpc) is 3.33. The molecule has 0 aliphatic carbocycles. The predicted octanol–water partition coefficient (Wildman–Crippen LogP) is -0.655. The van der Waals surface area contributed by atoms with Crippen LogP contribution in [0, 0.1) is 0 Å². The van der Waals surface area contributed by atoms with Gasteiger partial charge in [0.2, 0.25) is 11.9 Å². The summed E-state index contributed by atoms with van der Waals surface area (Å²) in [7, 11) is -4.82. The maximum atomic E-state index is 12.5. The molecular weight excluding hydrogens is 487 g/mol. The van der Waals surface area contributed by atoms with Crippen LogP contribution in [-0.4, -0.2) is 82.9 Å². The summed E-state index contributed by atoms with van der Waals surface area (Å²) in [6.45, 7) is 3.56. The first-order chi connectivity index (χ1) is 16.5. The van der Waals surface area contributed by atoms with E-state index in [1.54, 1.807) is 6.92 Å². The number of nitrogens with one attached hydrogen (secondary N) is 3. The number of phosphoric ester groups is 1. The number of nitrogens with zero attached hydrogens (tertiary/aromatic N) is 3. The van der Waals surface area contributed by atoms with E-state index in [1.807, 2.05) is 0 Å². The number of rotatable bonds is 12. The van der Waals surface area contributed by atoms with E-state index in [-0.39, 0.29) is 23.0 Å². The molecular formula is C19H31N6O9P. The Balaban J connectivity index is 1.73. The lowest BCUT2D eigenvalue weighted by atomic mass is 10.1. The number of hydrogen-bond acceptors (Lipinski definition) is 10. The molecule has 2 aromatic rings. The molecule has 0 spiro atoms. The molecule has 2 aromatic heterocycles. The molecule has 1 saturated heterocycles. The highest BCUT2D eigenvalue weighted by Gasteiger charge is 2.45. The Kier molecular flexibility index (Phi) is 8.99. The topological polar surface area (TPSA) is 221 Å². The average molecular weight is 518 g/mol. The summed E-state index contributed by atoms with van der Waals surface area (Å²) in [6.07, 6.45) is -0.364. The molecule has 0 bridgehead atoms. The van der Waals surface area contributed by atoms with Gasteiger partial charge in [0.15, 0.2) is 17.4 Å². The zero-order valence-electron chi connectivity index (χ0n) is 19.3. The number of anilines is 1. The third-order valence-corrected chi connectivity index (χ3v) is 6.01. The maximum absolute atomic E-state index is 12.5. The molecule has 3 rings (SSSR count). The van der Waals surface area contributed by atoms with Crippen LogP contribution < -0.4 is 16.2 Å². The van der Waals surface area contributed by atoms with Gasteiger partial charge in [-0.05, 0) is 13.3 Å². The number of fused-ring (bicyclic) bond motifs is 1. The fourth-order valence-electron chi connectivity index (χ4n) is 3.63. The second-order valence-corrected chi connectivity index (χ2v) is 9.53. The van der Waals surface area contributed by atoms with Gasteiger partial charge in [-0.1, -0.05) is 26.2 Å². The van der Waals surface area contributed by atoms with Gasteiger partial charge in [0, 0.05) is 6.54 Å². The van der Waals surface area contributed by atoms with Gasteiger partial charge in [0.05, 0.1) is 12.9 Å². The number of aliphatic hydroxyl groups excluding tert-OH is 2. The summed E-state index contributed by atoms with van der Waals surface area (Å²) >= 11 is 0. The van der Waals surface area contributed by atoms with Crippen molar-refractivity contribution in [3.8, 4) is 0 Å². The number of hydrogen-bond donors (Lipinski definition) is 7. The van der Waals surface area contributed by atoms with Crippen LogP contribution in [0.4, 0.5) is 5.95 Å². The molecule has 35 heavy (non-hydrogen) atoms. The molecule has 1 aliphatic heterocycles. The third-order valence-electron chi connectivity index (χ3n) is 5.53. The van der Waals surface area contributed by atoms with Crippen molar-refractivity contribution in [2.24, 2.45) is 0 Å². The largest absolute Gasteiger partial charge is 0.469 e. The van der Waals surface area contributed by atoms with Crippen molar-refractivity contribution in [3.05, 3.63) is 16.7 Å². The van der Waals surface area contributed by atoms with Crippen molar-refractivity contribution in [1.29, 1.82) is 0 Å². The number of carbonyl (C=O) groups is 1. The van der Waals surface area contributed by atoms with Crippen LogP contribution in [0.2, 0.25) is 0 Å². The van der Waals surface area contributed by atoms with Crippen LogP contribution in [-0.2, 0) is 18.6 Å². The molecule has 1 fully saturated rings. The Bertz CT molecular complexity index is 1120. The minimum absolute atomic E-state index is 0.00349. The highest BCUT2D eigenvalue weighted by molar-refractivity contribution is 7.46. The van der Waals surface area contributed by atoms with Crippen molar-refractivity contribution in [1.82, 2.24) is 24.8 Å². The van der Waals surface area contributed by atoms with Crippen molar-refractivity contribution < 1.29 is 38.6 Å². The normalized spacial score (nSPS) is 23.5. The Labute approximate surface area is 200 Å². The van der Waals surface area contributed by atoms with E-state index in [0.717, 1.165) is 25.7 Å². The molecule has 0 unspecified atom stereocenters. The van der Waals surface area contributed by atoms with Crippen LogP contribution in [0.15, 0.2) is 11.1 Å². The van der Waals surface area contributed by atoms with Crippen LogP contribution >= 0.6 is 7.82 Å². The summed E-state index contributed by atoms with van der Waals surface area (Å²) < 4.78 is 22.0. The number of aromatic nitrogens is 4. The molecule has 16 heteroatoms. The molecule has 0 saturated carbocycles. The lowest BCUT2D eigenvalue weighted by Crippen LogP contribution is -2.38. The second-order valence-electron chi connectivity index (χ2n) is 8.29. The number of H-pyrrole nitrogens is 1. The third kappa shape index (κ3) is 6.85. The number of ether oxygens (including phenoxy) is 1. The van der Waals surface area contributed by atoms with Crippen LogP contribution in [0.1, 0.15) is 45.8 Å². The maximum Gasteiger partial charge on any atom is 0.469 e. The van der Waals surface area contributed by atoms with Crippen molar-refractivity contribution >= 4 is 30.8 Å². The van der Waals surface area contributed by atoms with Gasteiger partial charge >= 0.3 is 7.82 Å². The number of amides is 1. The minimum Gasteiger partial charge on any atom is -0.387 e. The predicted molar refractivity (Wildman–Crippen MR) is 122 cm³/mol. The zero-order chi connectivity index (χ0) is 25.8. The highest BCUT2D eigenvalue weighted by atomic mass is 31.2. The minimum atomic E-state index is -4.82. The fourth-order valence-corrected chi connectivity index (χ4v) is 3.98. The SMILES string of the molecule is CCCCCCNC(=O)[C@@H](C)Nc1nc2c(ncn2[C@@H]2O[C@H](COP(=O)(O)O)[C@@H](O)[C@H]2O)c(=O)[nH]1. The van der Waals surface area contributed by atoms with E-state index < -0.39 is 50.6 Å². The smallest absolute Gasteiger partial charge is 0.387 e. The molecule has 3 heterocycles.